The Morgan fingerprint density at radius 2 is 1.72 bits per heavy atom. The standard InChI is InChI=1S/C13H22N2O3/c16-11(5-10-15-8-3-4-9-15)14-13(12(17)18)6-1-2-7-13/h1-10H2,(H,14,16)(H,17,18). The number of likely N-dealkylation sites (tertiary alicyclic amines) is 1. The minimum Gasteiger partial charge on any atom is -0.480 e. The molecule has 0 aromatic carbocycles. The van der Waals surface area contributed by atoms with Gasteiger partial charge in [0.05, 0.1) is 0 Å². The highest BCUT2D eigenvalue weighted by Crippen LogP contribution is 2.29. The molecular formula is C13H22N2O3. The first-order valence-electron chi connectivity index (χ1n) is 6.89. The third-order valence-electron chi connectivity index (χ3n) is 4.10. The molecule has 5 nitrogen and oxygen atoms in total. The fourth-order valence-electron chi connectivity index (χ4n) is 2.97. The molecule has 5 heteroatoms. The van der Waals surface area contributed by atoms with Crippen molar-refractivity contribution in [3.63, 3.8) is 0 Å². The Kier molecular flexibility index (Phi) is 4.22. The van der Waals surface area contributed by atoms with Crippen LogP contribution >= 0.6 is 0 Å². The summed E-state index contributed by atoms with van der Waals surface area (Å²) in [5.41, 5.74) is -0.984. The monoisotopic (exact) mass is 254 g/mol. The van der Waals surface area contributed by atoms with Gasteiger partial charge in [-0.1, -0.05) is 12.8 Å². The van der Waals surface area contributed by atoms with E-state index in [2.05, 4.69) is 10.2 Å². The zero-order valence-electron chi connectivity index (χ0n) is 10.8. The Balaban J connectivity index is 1.80. The molecule has 2 rings (SSSR count). The highest BCUT2D eigenvalue weighted by Gasteiger charge is 2.42. The lowest BCUT2D eigenvalue weighted by Gasteiger charge is -2.25. The van der Waals surface area contributed by atoms with Gasteiger partial charge in [-0.25, -0.2) is 4.79 Å². The SMILES string of the molecule is O=C(CCN1CCCC1)NC1(C(=O)O)CCCC1. The van der Waals surface area contributed by atoms with Gasteiger partial charge in [-0.2, -0.15) is 0 Å². The molecule has 102 valence electrons. The fraction of sp³-hybridized carbons (Fsp3) is 0.846. The average molecular weight is 254 g/mol. The van der Waals surface area contributed by atoms with Crippen LogP contribution in [0.5, 0.6) is 0 Å². The molecule has 1 saturated carbocycles. The molecule has 1 saturated heterocycles. The van der Waals surface area contributed by atoms with E-state index in [0.717, 1.165) is 32.5 Å². The Bertz CT molecular complexity index is 318. The largest absolute Gasteiger partial charge is 0.480 e. The molecular weight excluding hydrogens is 232 g/mol. The summed E-state index contributed by atoms with van der Waals surface area (Å²) in [5.74, 6) is -0.999. The maximum absolute atomic E-state index is 11.9. The lowest BCUT2D eigenvalue weighted by atomic mass is 9.97. The third kappa shape index (κ3) is 3.02. The van der Waals surface area contributed by atoms with Crippen molar-refractivity contribution < 1.29 is 14.7 Å². The van der Waals surface area contributed by atoms with Crippen molar-refractivity contribution in [1.82, 2.24) is 10.2 Å². The van der Waals surface area contributed by atoms with Gasteiger partial charge >= 0.3 is 5.97 Å². The van der Waals surface area contributed by atoms with Crippen LogP contribution in [0.4, 0.5) is 0 Å². The van der Waals surface area contributed by atoms with Gasteiger partial charge in [-0.05, 0) is 38.8 Å². The molecule has 1 heterocycles. The number of carboxylic acid groups (broad SMARTS) is 1. The number of carboxylic acids is 1. The Labute approximate surface area is 108 Å². The summed E-state index contributed by atoms with van der Waals surface area (Å²) in [6.07, 6.45) is 5.74. The van der Waals surface area contributed by atoms with Crippen LogP contribution in [0, 0.1) is 0 Å². The third-order valence-corrected chi connectivity index (χ3v) is 4.10. The van der Waals surface area contributed by atoms with Gasteiger partial charge in [0, 0.05) is 13.0 Å². The molecule has 0 aromatic rings. The normalized spacial score (nSPS) is 23.1. The van der Waals surface area contributed by atoms with E-state index in [1.54, 1.807) is 0 Å². The summed E-state index contributed by atoms with van der Waals surface area (Å²) in [6, 6.07) is 0. The summed E-state index contributed by atoms with van der Waals surface area (Å²) in [4.78, 5) is 25.4. The van der Waals surface area contributed by atoms with Gasteiger partial charge < -0.3 is 15.3 Å². The number of carbonyl (C=O) groups is 2. The number of amides is 1. The zero-order chi connectivity index (χ0) is 13.0. The number of carbonyl (C=O) groups excluding carboxylic acids is 1. The summed E-state index contributed by atoms with van der Waals surface area (Å²) in [5, 5.41) is 12.0. The summed E-state index contributed by atoms with van der Waals surface area (Å²) in [6.45, 7) is 2.89. The Morgan fingerprint density at radius 1 is 1.11 bits per heavy atom. The molecule has 18 heavy (non-hydrogen) atoms. The van der Waals surface area contributed by atoms with E-state index in [9.17, 15) is 14.7 Å². The molecule has 0 spiro atoms. The van der Waals surface area contributed by atoms with Crippen LogP contribution in [-0.2, 0) is 9.59 Å². The van der Waals surface area contributed by atoms with Gasteiger partial charge in [0.1, 0.15) is 5.54 Å². The van der Waals surface area contributed by atoms with E-state index in [0.29, 0.717) is 19.3 Å². The van der Waals surface area contributed by atoms with Crippen molar-refractivity contribution in [2.45, 2.75) is 50.5 Å². The predicted octanol–water partition coefficient (Wildman–Crippen LogP) is 0.986. The van der Waals surface area contributed by atoms with E-state index >= 15 is 0 Å². The van der Waals surface area contributed by atoms with Gasteiger partial charge in [0.15, 0.2) is 0 Å². The van der Waals surface area contributed by atoms with E-state index in [1.807, 2.05) is 0 Å². The summed E-state index contributed by atoms with van der Waals surface area (Å²) in [7, 11) is 0. The topological polar surface area (TPSA) is 69.6 Å². The minimum absolute atomic E-state index is 0.119. The van der Waals surface area contributed by atoms with Crippen molar-refractivity contribution in [2.24, 2.45) is 0 Å². The van der Waals surface area contributed by atoms with Crippen LogP contribution in [0.1, 0.15) is 44.9 Å². The number of aliphatic carboxylic acids is 1. The molecule has 1 aliphatic carbocycles. The van der Waals surface area contributed by atoms with Gasteiger partial charge in [0.2, 0.25) is 5.91 Å². The van der Waals surface area contributed by atoms with Crippen molar-refractivity contribution in [3.8, 4) is 0 Å². The van der Waals surface area contributed by atoms with Crippen LogP contribution in [0.3, 0.4) is 0 Å². The van der Waals surface area contributed by atoms with E-state index in [4.69, 9.17) is 0 Å². The van der Waals surface area contributed by atoms with E-state index in [1.165, 1.54) is 12.8 Å². The first-order chi connectivity index (χ1) is 8.62. The minimum atomic E-state index is -0.984. The number of hydrogen-bond acceptors (Lipinski definition) is 3. The second-order valence-electron chi connectivity index (χ2n) is 5.44. The Morgan fingerprint density at radius 3 is 2.28 bits per heavy atom. The molecule has 2 fully saturated rings. The van der Waals surface area contributed by atoms with Crippen molar-refractivity contribution in [2.75, 3.05) is 19.6 Å². The predicted molar refractivity (Wildman–Crippen MR) is 67.3 cm³/mol. The molecule has 0 bridgehead atoms. The molecule has 0 unspecified atom stereocenters. The van der Waals surface area contributed by atoms with Crippen molar-refractivity contribution >= 4 is 11.9 Å². The fourth-order valence-corrected chi connectivity index (χ4v) is 2.97. The maximum Gasteiger partial charge on any atom is 0.329 e. The van der Waals surface area contributed by atoms with Crippen LogP contribution in [0.2, 0.25) is 0 Å². The molecule has 1 aliphatic heterocycles. The second kappa shape index (κ2) is 5.69. The van der Waals surface area contributed by atoms with Crippen molar-refractivity contribution in [3.05, 3.63) is 0 Å². The number of hydrogen-bond donors (Lipinski definition) is 2. The molecule has 0 atom stereocenters. The first kappa shape index (κ1) is 13.3. The van der Waals surface area contributed by atoms with E-state index < -0.39 is 11.5 Å². The average Bonchev–Trinajstić information content (AvgIpc) is 2.97. The second-order valence-corrected chi connectivity index (χ2v) is 5.44. The van der Waals surface area contributed by atoms with Crippen LogP contribution in [0.25, 0.3) is 0 Å². The molecule has 0 radical (unpaired) electrons. The van der Waals surface area contributed by atoms with Gasteiger partial charge in [-0.3, -0.25) is 4.79 Å². The number of nitrogens with zero attached hydrogens (tertiary/aromatic N) is 1. The van der Waals surface area contributed by atoms with Crippen molar-refractivity contribution in [1.29, 1.82) is 0 Å². The smallest absolute Gasteiger partial charge is 0.329 e. The van der Waals surface area contributed by atoms with Crippen LogP contribution in [0.15, 0.2) is 0 Å². The molecule has 1 amide bonds. The lowest BCUT2D eigenvalue weighted by molar-refractivity contribution is -0.147. The van der Waals surface area contributed by atoms with Gasteiger partial charge in [0.25, 0.3) is 0 Å². The highest BCUT2D eigenvalue weighted by atomic mass is 16.4. The lowest BCUT2D eigenvalue weighted by Crippen LogP contribution is -2.52. The maximum atomic E-state index is 11.9. The Hall–Kier alpha value is -1.10. The summed E-state index contributed by atoms with van der Waals surface area (Å²) >= 11 is 0. The van der Waals surface area contributed by atoms with Crippen LogP contribution < -0.4 is 5.32 Å². The van der Waals surface area contributed by atoms with Crippen LogP contribution in [-0.4, -0.2) is 47.1 Å². The number of rotatable bonds is 5. The van der Waals surface area contributed by atoms with Gasteiger partial charge in [-0.15, -0.1) is 0 Å². The molecule has 2 N–H and O–H groups in total. The number of nitrogens with one attached hydrogen (secondary N) is 1. The molecule has 0 aromatic heterocycles. The van der Waals surface area contributed by atoms with E-state index in [-0.39, 0.29) is 5.91 Å². The highest BCUT2D eigenvalue weighted by molar-refractivity contribution is 5.87. The zero-order valence-corrected chi connectivity index (χ0v) is 10.8. The quantitative estimate of drug-likeness (QED) is 0.767. The molecule has 2 aliphatic rings. The first-order valence-corrected chi connectivity index (χ1v) is 6.89. The summed E-state index contributed by atoms with van der Waals surface area (Å²) < 4.78 is 0.